The Morgan fingerprint density at radius 3 is 2.60 bits per heavy atom. The Morgan fingerprint density at radius 1 is 1.03 bits per heavy atom. The number of cyclic esters (lactones) is 1. The highest BCUT2D eigenvalue weighted by atomic mass is 16.6. The van der Waals surface area contributed by atoms with Gasteiger partial charge in [0.2, 0.25) is 5.89 Å². The van der Waals surface area contributed by atoms with Gasteiger partial charge in [0.1, 0.15) is 18.1 Å². The summed E-state index contributed by atoms with van der Waals surface area (Å²) in [5, 5.41) is 2.09. The van der Waals surface area contributed by atoms with E-state index in [0.717, 1.165) is 48.3 Å². The summed E-state index contributed by atoms with van der Waals surface area (Å²) in [6, 6.07) is 15.7. The van der Waals surface area contributed by atoms with Crippen molar-refractivity contribution in [3.8, 4) is 23.0 Å². The lowest BCUT2D eigenvalue weighted by atomic mass is 10.1. The van der Waals surface area contributed by atoms with Crippen molar-refractivity contribution < 1.29 is 28.2 Å². The molecule has 8 nitrogen and oxygen atoms in total. The van der Waals surface area contributed by atoms with Crippen LogP contribution in [-0.2, 0) is 22.6 Å². The molecule has 1 N–H and O–H groups in total. The van der Waals surface area contributed by atoms with E-state index in [1.165, 1.54) is 0 Å². The molecule has 0 radical (unpaired) electrons. The van der Waals surface area contributed by atoms with Crippen LogP contribution in [0.2, 0.25) is 0 Å². The molecule has 4 rings (SSSR count). The molecule has 2 aromatic carbocycles. The molecule has 1 fully saturated rings. The first kappa shape index (κ1) is 24.1. The lowest BCUT2D eigenvalue weighted by Gasteiger charge is -2.12. The monoisotopic (exact) mass is 476 g/mol. The molecule has 182 valence electrons. The second-order valence-corrected chi connectivity index (χ2v) is 8.17. The number of nitrogens with zero attached hydrogens (tertiary/aromatic N) is 1. The van der Waals surface area contributed by atoms with E-state index >= 15 is 0 Å². The molecule has 0 atom stereocenters. The highest BCUT2D eigenvalue weighted by Crippen LogP contribution is 2.30. The summed E-state index contributed by atoms with van der Waals surface area (Å²) in [5.74, 6) is 2.24. The smallest absolute Gasteiger partial charge is 0.419 e. The molecular weight excluding hydrogens is 448 g/mol. The topological polar surface area (TPSA) is 99.9 Å². The number of imide groups is 1. The molecule has 0 spiro atoms. The van der Waals surface area contributed by atoms with Crippen molar-refractivity contribution in [2.24, 2.45) is 0 Å². The molecule has 1 saturated heterocycles. The number of rotatable bonds is 11. The van der Waals surface area contributed by atoms with Crippen LogP contribution in [0.1, 0.15) is 42.7 Å². The third kappa shape index (κ3) is 6.29. The third-order valence-electron chi connectivity index (χ3n) is 5.65. The van der Waals surface area contributed by atoms with Gasteiger partial charge in [0.25, 0.3) is 5.91 Å². The second-order valence-electron chi connectivity index (χ2n) is 8.17. The Morgan fingerprint density at radius 2 is 1.86 bits per heavy atom. The highest BCUT2D eigenvalue weighted by Gasteiger charge is 2.25. The lowest BCUT2D eigenvalue weighted by Crippen LogP contribution is -2.18. The molecule has 1 aliphatic heterocycles. The predicted octanol–water partition coefficient (Wildman–Crippen LogP) is 5.49. The number of methoxy groups -OCH3 is 1. The largest absolute Gasteiger partial charge is 0.493 e. The molecule has 2 heterocycles. The first-order chi connectivity index (χ1) is 17.0. The SMILES string of the molecule is COc1cc(CCCCC/C=C2/OC(=O)NC2=O)ccc1OCc1nc(-c2ccccc2)oc1C. The maximum atomic E-state index is 11.4. The fourth-order valence-corrected chi connectivity index (χ4v) is 3.74. The van der Waals surface area contributed by atoms with Crippen molar-refractivity contribution >= 4 is 12.0 Å². The molecule has 1 aromatic heterocycles. The highest BCUT2D eigenvalue weighted by molar-refractivity contribution is 6.07. The van der Waals surface area contributed by atoms with Crippen LogP contribution in [0, 0.1) is 6.92 Å². The van der Waals surface area contributed by atoms with Crippen molar-refractivity contribution in [1.29, 1.82) is 0 Å². The van der Waals surface area contributed by atoms with Gasteiger partial charge >= 0.3 is 6.09 Å². The van der Waals surface area contributed by atoms with Crippen LogP contribution in [0.15, 0.2) is 64.8 Å². The van der Waals surface area contributed by atoms with E-state index < -0.39 is 12.0 Å². The second kappa shape index (κ2) is 11.4. The number of amides is 2. The van der Waals surface area contributed by atoms with E-state index in [9.17, 15) is 9.59 Å². The number of nitrogens with one attached hydrogen (secondary N) is 1. The molecular formula is C27H28N2O6. The number of ether oxygens (including phenoxy) is 3. The van der Waals surface area contributed by atoms with Crippen LogP contribution in [0.4, 0.5) is 4.79 Å². The maximum Gasteiger partial charge on any atom is 0.419 e. The number of allylic oxidation sites excluding steroid dienone is 1. The number of aromatic nitrogens is 1. The summed E-state index contributed by atoms with van der Waals surface area (Å²) in [5.41, 5.74) is 2.82. The van der Waals surface area contributed by atoms with E-state index in [0.29, 0.717) is 23.8 Å². The maximum absolute atomic E-state index is 11.4. The molecule has 0 aliphatic carbocycles. The molecule has 0 unspecified atom stereocenters. The Balaban J connectivity index is 1.26. The third-order valence-corrected chi connectivity index (χ3v) is 5.65. The standard InChI is InChI=1S/C27H28N2O6/c1-18-21(28-26(34-18)20-11-7-5-8-12-20)17-33-22-15-14-19(16-24(22)32-2)10-6-3-4-9-13-23-25(30)29-27(31)35-23/h5,7-8,11-16H,3-4,6,9-10,17H2,1-2H3,(H,29,30,31)/b23-13+. The average molecular weight is 477 g/mol. The van der Waals surface area contributed by atoms with E-state index in [2.05, 4.69) is 10.3 Å². The number of hydrogen-bond donors (Lipinski definition) is 1. The van der Waals surface area contributed by atoms with Gasteiger partial charge in [-0.3, -0.25) is 10.1 Å². The van der Waals surface area contributed by atoms with Gasteiger partial charge in [0.05, 0.1) is 7.11 Å². The fraction of sp³-hybridized carbons (Fsp3) is 0.296. The summed E-state index contributed by atoms with van der Waals surface area (Å²) in [4.78, 5) is 27.0. The zero-order chi connectivity index (χ0) is 24.6. The normalized spacial score (nSPS) is 14.2. The number of benzene rings is 2. The minimum Gasteiger partial charge on any atom is -0.493 e. The van der Waals surface area contributed by atoms with Gasteiger partial charge in [-0.2, -0.15) is 0 Å². The number of carbonyl (C=O) groups excluding carboxylic acids is 2. The van der Waals surface area contributed by atoms with Crippen molar-refractivity contribution in [1.82, 2.24) is 10.3 Å². The average Bonchev–Trinajstić information content (AvgIpc) is 3.40. The number of aryl methyl sites for hydroxylation is 2. The van der Waals surface area contributed by atoms with Crippen LogP contribution in [0.25, 0.3) is 11.5 Å². The number of hydrogen-bond acceptors (Lipinski definition) is 7. The Kier molecular flexibility index (Phi) is 7.82. The molecule has 8 heteroatoms. The quantitative estimate of drug-likeness (QED) is 0.288. The Labute approximate surface area is 203 Å². The zero-order valence-corrected chi connectivity index (χ0v) is 19.8. The van der Waals surface area contributed by atoms with Gasteiger partial charge in [-0.05, 0) is 68.5 Å². The fourth-order valence-electron chi connectivity index (χ4n) is 3.74. The first-order valence-corrected chi connectivity index (χ1v) is 11.6. The minimum absolute atomic E-state index is 0.0902. The van der Waals surface area contributed by atoms with E-state index in [1.54, 1.807) is 13.2 Å². The molecule has 35 heavy (non-hydrogen) atoms. The van der Waals surface area contributed by atoms with E-state index in [-0.39, 0.29) is 12.4 Å². The van der Waals surface area contributed by atoms with Gasteiger partial charge in [-0.15, -0.1) is 0 Å². The summed E-state index contributed by atoms with van der Waals surface area (Å²) >= 11 is 0. The summed E-state index contributed by atoms with van der Waals surface area (Å²) < 4.78 is 22.1. The van der Waals surface area contributed by atoms with Gasteiger partial charge in [-0.1, -0.05) is 30.7 Å². The number of oxazole rings is 1. The van der Waals surface area contributed by atoms with Crippen LogP contribution in [-0.4, -0.2) is 24.1 Å². The van der Waals surface area contributed by atoms with Crippen molar-refractivity contribution in [2.75, 3.05) is 7.11 Å². The lowest BCUT2D eigenvalue weighted by molar-refractivity contribution is -0.116. The minimum atomic E-state index is -0.712. The molecule has 1 aliphatic rings. The van der Waals surface area contributed by atoms with Gasteiger partial charge in [0.15, 0.2) is 17.3 Å². The summed E-state index contributed by atoms with van der Waals surface area (Å²) in [6.07, 6.45) is 5.39. The van der Waals surface area contributed by atoms with E-state index in [4.69, 9.17) is 18.6 Å². The van der Waals surface area contributed by atoms with Crippen molar-refractivity contribution in [2.45, 2.75) is 45.6 Å². The summed E-state index contributed by atoms with van der Waals surface area (Å²) in [6.45, 7) is 2.16. The number of carbonyl (C=O) groups is 2. The van der Waals surface area contributed by atoms with Crippen LogP contribution >= 0.6 is 0 Å². The number of alkyl carbamates (subject to hydrolysis) is 1. The molecule has 2 amide bonds. The van der Waals surface area contributed by atoms with Gasteiger partial charge < -0.3 is 18.6 Å². The molecule has 0 bridgehead atoms. The Hall–Kier alpha value is -4.07. The van der Waals surface area contributed by atoms with Gasteiger partial charge in [0, 0.05) is 5.56 Å². The van der Waals surface area contributed by atoms with Crippen LogP contribution < -0.4 is 14.8 Å². The first-order valence-electron chi connectivity index (χ1n) is 11.6. The number of unbranched alkanes of at least 4 members (excludes halogenated alkanes) is 3. The molecule has 0 saturated carbocycles. The predicted molar refractivity (Wildman–Crippen MR) is 129 cm³/mol. The Bertz CT molecular complexity index is 1220. The van der Waals surface area contributed by atoms with Gasteiger partial charge in [-0.25, -0.2) is 9.78 Å². The van der Waals surface area contributed by atoms with Crippen molar-refractivity contribution in [3.63, 3.8) is 0 Å². The van der Waals surface area contributed by atoms with Crippen LogP contribution in [0.3, 0.4) is 0 Å². The summed E-state index contributed by atoms with van der Waals surface area (Å²) in [7, 11) is 1.63. The van der Waals surface area contributed by atoms with Crippen molar-refractivity contribution in [3.05, 3.63) is 77.4 Å². The molecule has 3 aromatic rings. The van der Waals surface area contributed by atoms with E-state index in [1.807, 2.05) is 55.5 Å². The van der Waals surface area contributed by atoms with Crippen LogP contribution in [0.5, 0.6) is 11.5 Å². The zero-order valence-electron chi connectivity index (χ0n) is 19.8.